The molecule has 0 radical (unpaired) electrons. The Kier molecular flexibility index (Phi) is 2.84. The molecule has 2 unspecified atom stereocenters. The maximum absolute atomic E-state index is 12.7. The number of benzene rings is 1. The van der Waals surface area contributed by atoms with E-state index in [1.165, 1.54) is 0 Å². The molecule has 110 valence electrons. The summed E-state index contributed by atoms with van der Waals surface area (Å²) in [5.41, 5.74) is 1.50. The summed E-state index contributed by atoms with van der Waals surface area (Å²) in [5, 5.41) is 0.288. The van der Waals surface area contributed by atoms with Gasteiger partial charge in [-0.15, -0.1) is 0 Å². The Bertz CT molecular complexity index is 764. The van der Waals surface area contributed by atoms with Gasteiger partial charge in [-0.05, 0) is 43.5 Å². The summed E-state index contributed by atoms with van der Waals surface area (Å²) < 4.78 is 25.4. The zero-order chi connectivity index (χ0) is 14.6. The predicted octanol–water partition coefficient (Wildman–Crippen LogP) is 2.69. The van der Waals surface area contributed by atoms with Gasteiger partial charge in [-0.3, -0.25) is 4.90 Å². The average Bonchev–Trinajstić information content (AvgIpc) is 2.89. The van der Waals surface area contributed by atoms with Crippen LogP contribution in [-0.2, 0) is 9.84 Å². The normalized spacial score (nSPS) is 30.0. The highest BCUT2D eigenvalue weighted by molar-refractivity contribution is 8.07. The second-order valence-corrected chi connectivity index (χ2v) is 7.75. The lowest BCUT2D eigenvalue weighted by Gasteiger charge is -2.32. The lowest BCUT2D eigenvalue weighted by molar-refractivity contribution is 0.218. The van der Waals surface area contributed by atoms with Crippen molar-refractivity contribution < 1.29 is 8.42 Å². The van der Waals surface area contributed by atoms with Gasteiger partial charge in [0.15, 0.2) is 5.04 Å². The first-order chi connectivity index (χ1) is 10.1. The lowest BCUT2D eigenvalue weighted by Crippen LogP contribution is -2.39. The van der Waals surface area contributed by atoms with E-state index in [1.54, 1.807) is 18.2 Å². The van der Waals surface area contributed by atoms with Gasteiger partial charge in [0.05, 0.1) is 10.6 Å². The van der Waals surface area contributed by atoms with Crippen LogP contribution in [-0.4, -0.2) is 37.0 Å². The molecular formula is C16H18N2O2S. The number of fused-ring (bicyclic) bond motifs is 3. The van der Waals surface area contributed by atoms with E-state index in [1.807, 2.05) is 6.07 Å². The molecule has 4 rings (SSSR count). The van der Waals surface area contributed by atoms with Gasteiger partial charge in [0.1, 0.15) is 0 Å². The first-order valence-electron chi connectivity index (χ1n) is 7.51. The largest absolute Gasteiger partial charge is 0.294 e. The van der Waals surface area contributed by atoms with Crippen LogP contribution in [0.2, 0.25) is 0 Å². The number of likely N-dealkylation sites (N-methyl/N-ethyl adjacent to an activating group) is 1. The fourth-order valence-electron chi connectivity index (χ4n) is 3.86. The smallest absolute Gasteiger partial charge is 0.226 e. The highest BCUT2D eigenvalue weighted by Gasteiger charge is 2.41. The summed E-state index contributed by atoms with van der Waals surface area (Å²) >= 11 is 0. The first kappa shape index (κ1) is 13.2. The number of para-hydroxylation sites is 1. The van der Waals surface area contributed by atoms with Crippen molar-refractivity contribution in [1.29, 1.82) is 0 Å². The van der Waals surface area contributed by atoms with Gasteiger partial charge in [0.2, 0.25) is 9.84 Å². The molecule has 1 aromatic carbocycles. The van der Waals surface area contributed by atoms with E-state index < -0.39 is 9.84 Å². The van der Waals surface area contributed by atoms with Crippen LogP contribution in [0.25, 0.3) is 0 Å². The van der Waals surface area contributed by atoms with E-state index in [0.29, 0.717) is 22.7 Å². The lowest BCUT2D eigenvalue weighted by atomic mass is 10.0. The second kappa shape index (κ2) is 4.52. The van der Waals surface area contributed by atoms with Crippen LogP contribution in [0.15, 0.2) is 45.8 Å². The second-order valence-electron chi connectivity index (χ2n) is 5.91. The monoisotopic (exact) mass is 302 g/mol. The fourth-order valence-corrected chi connectivity index (χ4v) is 5.43. The third-order valence-electron chi connectivity index (χ3n) is 4.81. The molecule has 0 spiro atoms. The zero-order valence-electron chi connectivity index (χ0n) is 12.0. The van der Waals surface area contributed by atoms with Crippen LogP contribution >= 0.6 is 0 Å². The quantitative estimate of drug-likeness (QED) is 0.844. The van der Waals surface area contributed by atoms with Crippen molar-refractivity contribution in [2.75, 3.05) is 6.54 Å². The first-order valence-corrected chi connectivity index (χ1v) is 8.99. The molecule has 3 heterocycles. The Balaban J connectivity index is 1.77. The highest BCUT2D eigenvalue weighted by atomic mass is 32.2. The maximum Gasteiger partial charge on any atom is 0.226 e. The van der Waals surface area contributed by atoms with Gasteiger partial charge in [-0.1, -0.05) is 25.1 Å². The number of rotatable bonds is 2. The van der Waals surface area contributed by atoms with Crippen molar-refractivity contribution in [3.63, 3.8) is 0 Å². The van der Waals surface area contributed by atoms with Crippen molar-refractivity contribution in [2.24, 2.45) is 4.99 Å². The molecule has 5 heteroatoms. The van der Waals surface area contributed by atoms with Crippen LogP contribution in [0.4, 0.5) is 5.69 Å². The Morgan fingerprint density at radius 2 is 2.10 bits per heavy atom. The number of sulfone groups is 1. The molecule has 4 nitrogen and oxygen atoms in total. The predicted molar refractivity (Wildman–Crippen MR) is 82.6 cm³/mol. The van der Waals surface area contributed by atoms with Gasteiger partial charge < -0.3 is 0 Å². The van der Waals surface area contributed by atoms with Crippen molar-refractivity contribution in [3.05, 3.63) is 35.9 Å². The molecule has 3 aliphatic rings. The molecule has 0 N–H and O–H groups in total. The molecule has 0 aromatic heterocycles. The van der Waals surface area contributed by atoms with Gasteiger partial charge in [-0.25, -0.2) is 13.4 Å². The SMILES string of the molecule is CCN1C2C=C(C3=Nc4ccccc4S3(=O)=O)CC1CC2. The van der Waals surface area contributed by atoms with E-state index in [2.05, 4.69) is 22.9 Å². The molecule has 1 aromatic rings. The van der Waals surface area contributed by atoms with E-state index in [0.717, 1.165) is 31.4 Å². The minimum absolute atomic E-state index is 0.288. The highest BCUT2D eigenvalue weighted by Crippen LogP contribution is 2.40. The van der Waals surface area contributed by atoms with Crippen LogP contribution in [0.1, 0.15) is 26.2 Å². The molecule has 0 aliphatic carbocycles. The van der Waals surface area contributed by atoms with E-state index >= 15 is 0 Å². The van der Waals surface area contributed by atoms with Crippen molar-refractivity contribution in [1.82, 2.24) is 4.90 Å². The Labute approximate surface area is 125 Å². The van der Waals surface area contributed by atoms with E-state index in [9.17, 15) is 8.42 Å². The van der Waals surface area contributed by atoms with Gasteiger partial charge in [-0.2, -0.15) is 0 Å². The summed E-state index contributed by atoms with van der Waals surface area (Å²) in [5.74, 6) is 0. The van der Waals surface area contributed by atoms with Crippen molar-refractivity contribution >= 4 is 20.6 Å². The minimum atomic E-state index is -3.43. The summed E-state index contributed by atoms with van der Waals surface area (Å²) in [4.78, 5) is 7.24. The molecular weight excluding hydrogens is 284 g/mol. The standard InChI is InChI=1S/C16H18N2O2S/c1-2-18-12-7-8-13(18)10-11(9-12)16-17-14-5-3-4-6-15(14)21(16,19)20/h3-6,9,12-13H,2,7-8,10H2,1H3. The number of hydrogen-bond acceptors (Lipinski definition) is 4. The van der Waals surface area contributed by atoms with E-state index in [4.69, 9.17) is 0 Å². The summed E-state index contributed by atoms with van der Waals surface area (Å²) in [6, 6.07) is 7.87. The number of hydrogen-bond donors (Lipinski definition) is 0. The Morgan fingerprint density at radius 3 is 2.81 bits per heavy atom. The molecule has 0 saturated carbocycles. The molecule has 21 heavy (non-hydrogen) atoms. The Morgan fingerprint density at radius 1 is 1.29 bits per heavy atom. The Hall–Kier alpha value is -1.46. The fraction of sp³-hybridized carbons (Fsp3) is 0.438. The molecule has 1 fully saturated rings. The maximum atomic E-state index is 12.7. The van der Waals surface area contributed by atoms with Crippen molar-refractivity contribution in [2.45, 2.75) is 43.2 Å². The number of nitrogens with zero attached hydrogens (tertiary/aromatic N) is 2. The molecule has 1 saturated heterocycles. The summed E-state index contributed by atoms with van der Waals surface area (Å²) in [6.45, 7) is 3.20. The average molecular weight is 302 g/mol. The van der Waals surface area contributed by atoms with Crippen molar-refractivity contribution in [3.8, 4) is 0 Å². The van der Waals surface area contributed by atoms with Gasteiger partial charge >= 0.3 is 0 Å². The summed E-state index contributed by atoms with van der Waals surface area (Å²) in [6.07, 6.45) is 5.22. The topological polar surface area (TPSA) is 49.7 Å². The van der Waals surface area contributed by atoms with Crippen LogP contribution in [0.5, 0.6) is 0 Å². The molecule has 2 bridgehead atoms. The summed E-state index contributed by atoms with van der Waals surface area (Å²) in [7, 11) is -3.43. The van der Waals surface area contributed by atoms with Crippen LogP contribution in [0.3, 0.4) is 0 Å². The van der Waals surface area contributed by atoms with Crippen LogP contribution in [0, 0.1) is 0 Å². The van der Waals surface area contributed by atoms with Crippen LogP contribution < -0.4 is 0 Å². The molecule has 0 amide bonds. The van der Waals surface area contributed by atoms with E-state index in [-0.39, 0.29) is 5.04 Å². The molecule has 2 atom stereocenters. The third kappa shape index (κ3) is 1.84. The van der Waals surface area contributed by atoms with Gasteiger partial charge in [0, 0.05) is 12.1 Å². The van der Waals surface area contributed by atoms with Gasteiger partial charge in [0.25, 0.3) is 0 Å². The minimum Gasteiger partial charge on any atom is -0.294 e. The third-order valence-corrected chi connectivity index (χ3v) is 6.60. The number of aliphatic imine (C=N–C) groups is 1. The molecule has 3 aliphatic heterocycles. The zero-order valence-corrected chi connectivity index (χ0v) is 12.8.